The van der Waals surface area contributed by atoms with Crippen molar-refractivity contribution in [3.05, 3.63) is 57.6 Å². The number of halogens is 1. The molecular weight excluding hydrogens is 320 g/mol. The largest absolute Gasteiger partial charge is 0.331 e. The second kappa shape index (κ2) is 5.05. The van der Waals surface area contributed by atoms with Gasteiger partial charge in [-0.15, -0.1) is 0 Å². The molecule has 1 aromatic carbocycles. The molecule has 3 rings (SSSR count). The van der Waals surface area contributed by atoms with Crippen molar-refractivity contribution >= 4 is 15.9 Å². The maximum absolute atomic E-state index is 12.1. The molecule has 0 amide bonds. The Labute approximate surface area is 123 Å². The number of nitrogens with zero attached hydrogens (tertiary/aromatic N) is 3. The number of imidazole rings is 1. The first-order valence-corrected chi connectivity index (χ1v) is 6.79. The van der Waals surface area contributed by atoms with Crippen LogP contribution in [0.2, 0.25) is 0 Å². The van der Waals surface area contributed by atoms with Crippen LogP contribution in [0.1, 0.15) is 0 Å². The lowest BCUT2D eigenvalue weighted by Gasteiger charge is -2.06. The van der Waals surface area contributed by atoms with E-state index in [-0.39, 0.29) is 5.56 Å². The van der Waals surface area contributed by atoms with Crippen LogP contribution in [0, 0.1) is 0 Å². The molecule has 6 heteroatoms. The normalized spacial score (nSPS) is 10.7. The van der Waals surface area contributed by atoms with E-state index in [0.29, 0.717) is 21.8 Å². The molecule has 1 N–H and O–H groups in total. The van der Waals surface area contributed by atoms with Crippen molar-refractivity contribution in [3.63, 3.8) is 0 Å². The van der Waals surface area contributed by atoms with E-state index in [1.165, 1.54) is 0 Å². The van der Waals surface area contributed by atoms with Gasteiger partial charge in [0.15, 0.2) is 11.6 Å². The summed E-state index contributed by atoms with van der Waals surface area (Å²) in [6, 6.07) is 9.56. The molecule has 0 fully saturated rings. The zero-order chi connectivity index (χ0) is 14.1. The Morgan fingerprint density at radius 2 is 2.00 bits per heavy atom. The first-order chi connectivity index (χ1) is 9.66. The highest BCUT2D eigenvalue weighted by atomic mass is 79.9. The highest BCUT2D eigenvalue weighted by Crippen LogP contribution is 2.24. The zero-order valence-corrected chi connectivity index (χ0v) is 12.3. The van der Waals surface area contributed by atoms with E-state index in [9.17, 15) is 4.79 Å². The van der Waals surface area contributed by atoms with Gasteiger partial charge in [0.05, 0.1) is 5.69 Å². The van der Waals surface area contributed by atoms with Crippen LogP contribution >= 0.6 is 15.9 Å². The number of rotatable bonds is 2. The highest BCUT2D eigenvalue weighted by molar-refractivity contribution is 9.10. The number of hydrogen-bond donors (Lipinski definition) is 1. The van der Waals surface area contributed by atoms with Crippen LogP contribution in [-0.2, 0) is 7.05 Å². The van der Waals surface area contributed by atoms with E-state index >= 15 is 0 Å². The second-order valence-electron chi connectivity index (χ2n) is 4.30. The first kappa shape index (κ1) is 12.8. The number of aromatic nitrogens is 4. The predicted molar refractivity (Wildman–Crippen MR) is 80.2 cm³/mol. The zero-order valence-electron chi connectivity index (χ0n) is 10.7. The molecule has 0 saturated carbocycles. The smallest absolute Gasteiger partial charge is 0.266 e. The average Bonchev–Trinajstić information content (AvgIpc) is 2.89. The molecule has 100 valence electrons. The van der Waals surface area contributed by atoms with Crippen LogP contribution < -0.4 is 5.56 Å². The monoisotopic (exact) mass is 330 g/mol. The van der Waals surface area contributed by atoms with Crippen LogP contribution in [0.3, 0.4) is 0 Å². The lowest BCUT2D eigenvalue weighted by molar-refractivity contribution is 0.902. The molecule has 20 heavy (non-hydrogen) atoms. The summed E-state index contributed by atoms with van der Waals surface area (Å²) in [6.07, 6.45) is 3.47. The van der Waals surface area contributed by atoms with Crippen LogP contribution in [-0.4, -0.2) is 19.5 Å². The van der Waals surface area contributed by atoms with Gasteiger partial charge in [-0.3, -0.25) is 4.79 Å². The van der Waals surface area contributed by atoms with Crippen molar-refractivity contribution < 1.29 is 0 Å². The summed E-state index contributed by atoms with van der Waals surface area (Å²) in [6.45, 7) is 0. The molecule has 2 heterocycles. The lowest BCUT2D eigenvalue weighted by atomic mass is 10.1. The number of nitrogens with one attached hydrogen (secondary N) is 1. The van der Waals surface area contributed by atoms with Crippen molar-refractivity contribution in [3.8, 4) is 22.9 Å². The maximum atomic E-state index is 12.1. The fourth-order valence-corrected chi connectivity index (χ4v) is 2.36. The molecule has 5 nitrogen and oxygen atoms in total. The fraction of sp³-hybridized carbons (Fsp3) is 0.0714. The lowest BCUT2D eigenvalue weighted by Crippen LogP contribution is -2.13. The third-order valence-corrected chi connectivity index (χ3v) is 3.68. The van der Waals surface area contributed by atoms with Crippen LogP contribution in [0.25, 0.3) is 22.9 Å². The summed E-state index contributed by atoms with van der Waals surface area (Å²) in [7, 11) is 1.85. The highest BCUT2D eigenvalue weighted by Gasteiger charge is 2.14. The van der Waals surface area contributed by atoms with Crippen molar-refractivity contribution in [2.24, 2.45) is 7.05 Å². The van der Waals surface area contributed by atoms with E-state index in [2.05, 4.69) is 30.9 Å². The summed E-state index contributed by atoms with van der Waals surface area (Å²) in [5, 5.41) is 0. The van der Waals surface area contributed by atoms with Gasteiger partial charge in [-0.1, -0.05) is 30.3 Å². The Balaban J connectivity index is 2.24. The Kier molecular flexibility index (Phi) is 3.23. The van der Waals surface area contributed by atoms with Gasteiger partial charge in [0.2, 0.25) is 0 Å². The van der Waals surface area contributed by atoms with E-state index in [1.54, 1.807) is 17.0 Å². The summed E-state index contributed by atoms with van der Waals surface area (Å²) in [5.41, 5.74) is 1.25. The SMILES string of the molecule is Cn1ccnc1-c1nc(-c2ccccc2)c(Br)c(=O)[nH]1. The van der Waals surface area contributed by atoms with Gasteiger partial charge in [-0.05, 0) is 15.9 Å². The fourth-order valence-electron chi connectivity index (χ4n) is 1.95. The van der Waals surface area contributed by atoms with Crippen LogP contribution in [0.15, 0.2) is 52.0 Å². The molecule has 3 aromatic rings. The Morgan fingerprint density at radius 1 is 1.25 bits per heavy atom. The molecule has 0 saturated heterocycles. The molecule has 0 atom stereocenters. The third-order valence-electron chi connectivity index (χ3n) is 2.94. The van der Waals surface area contributed by atoms with Gasteiger partial charge in [0.25, 0.3) is 5.56 Å². The number of benzene rings is 1. The minimum Gasteiger partial charge on any atom is -0.331 e. The van der Waals surface area contributed by atoms with Gasteiger partial charge in [0, 0.05) is 25.0 Å². The topological polar surface area (TPSA) is 63.6 Å². The summed E-state index contributed by atoms with van der Waals surface area (Å²) >= 11 is 3.30. The van der Waals surface area contributed by atoms with Gasteiger partial charge in [0.1, 0.15) is 4.47 Å². The van der Waals surface area contributed by atoms with Gasteiger partial charge >= 0.3 is 0 Å². The van der Waals surface area contributed by atoms with Crippen molar-refractivity contribution in [1.82, 2.24) is 19.5 Å². The van der Waals surface area contributed by atoms with Crippen molar-refractivity contribution in [1.29, 1.82) is 0 Å². The summed E-state index contributed by atoms with van der Waals surface area (Å²) < 4.78 is 2.22. The third kappa shape index (κ3) is 2.18. The summed E-state index contributed by atoms with van der Waals surface area (Å²) in [5.74, 6) is 1.07. The Bertz CT molecular complexity index is 808. The number of aromatic amines is 1. The summed E-state index contributed by atoms with van der Waals surface area (Å²) in [4.78, 5) is 23.5. The standard InChI is InChI=1S/C14H11BrN4O/c1-19-8-7-16-13(19)12-17-11(10(15)14(20)18-12)9-5-3-2-4-6-9/h2-8H,1H3,(H,17,18,20). The van der Waals surface area contributed by atoms with E-state index in [4.69, 9.17) is 0 Å². The molecule has 0 unspecified atom stereocenters. The molecule has 0 aliphatic rings. The second-order valence-corrected chi connectivity index (χ2v) is 5.10. The predicted octanol–water partition coefficient (Wildman–Crippen LogP) is 2.60. The van der Waals surface area contributed by atoms with Gasteiger partial charge in [-0.25, -0.2) is 9.97 Å². The molecule has 2 aromatic heterocycles. The number of H-pyrrole nitrogens is 1. The molecule has 0 aliphatic heterocycles. The minimum absolute atomic E-state index is 0.225. The van der Waals surface area contributed by atoms with E-state index in [0.717, 1.165) is 5.56 Å². The maximum Gasteiger partial charge on any atom is 0.266 e. The first-order valence-electron chi connectivity index (χ1n) is 6.00. The molecule has 0 bridgehead atoms. The van der Waals surface area contributed by atoms with Gasteiger partial charge in [-0.2, -0.15) is 0 Å². The number of aryl methyl sites for hydroxylation is 1. The van der Waals surface area contributed by atoms with E-state index < -0.39 is 0 Å². The molecular formula is C14H11BrN4O. The average molecular weight is 331 g/mol. The van der Waals surface area contributed by atoms with Crippen molar-refractivity contribution in [2.45, 2.75) is 0 Å². The molecule has 0 radical (unpaired) electrons. The molecule has 0 aliphatic carbocycles. The van der Waals surface area contributed by atoms with Crippen molar-refractivity contribution in [2.75, 3.05) is 0 Å². The van der Waals surface area contributed by atoms with Crippen LogP contribution in [0.4, 0.5) is 0 Å². The quantitative estimate of drug-likeness (QED) is 0.785. The minimum atomic E-state index is -0.225. The van der Waals surface area contributed by atoms with Gasteiger partial charge < -0.3 is 9.55 Å². The number of hydrogen-bond acceptors (Lipinski definition) is 3. The Morgan fingerprint density at radius 3 is 2.65 bits per heavy atom. The van der Waals surface area contributed by atoms with E-state index in [1.807, 2.05) is 37.4 Å². The van der Waals surface area contributed by atoms with Crippen LogP contribution in [0.5, 0.6) is 0 Å². The Hall–Kier alpha value is -2.21. The molecule has 0 spiro atoms.